The molecule has 0 aliphatic carbocycles. The van der Waals surface area contributed by atoms with E-state index in [9.17, 15) is 4.79 Å². The number of fused-ring (bicyclic) bond motifs is 1. The fraction of sp³-hybridized carbons (Fsp3) is 0.400. The number of para-hydroxylation sites is 1. The third-order valence-electron chi connectivity index (χ3n) is 5.15. The third kappa shape index (κ3) is 3.39. The summed E-state index contributed by atoms with van der Waals surface area (Å²) in [7, 11) is 1.40. The van der Waals surface area contributed by atoms with Crippen LogP contribution in [0.15, 0.2) is 34.7 Å². The number of hydrogen-bond acceptors (Lipinski definition) is 5. The van der Waals surface area contributed by atoms with Gasteiger partial charge in [-0.2, -0.15) is 0 Å². The van der Waals surface area contributed by atoms with Crippen LogP contribution in [0.4, 0.5) is 0 Å². The van der Waals surface area contributed by atoms with E-state index in [0.717, 1.165) is 43.8 Å². The molecule has 1 N–H and O–H groups in total. The maximum Gasteiger partial charge on any atom is 0.341 e. The van der Waals surface area contributed by atoms with E-state index >= 15 is 0 Å². The van der Waals surface area contributed by atoms with Gasteiger partial charge in [-0.3, -0.25) is 0 Å². The van der Waals surface area contributed by atoms with Crippen LogP contribution in [0, 0.1) is 6.92 Å². The lowest BCUT2D eigenvalue weighted by atomic mass is 9.97. The van der Waals surface area contributed by atoms with Crippen LogP contribution in [0.25, 0.3) is 10.2 Å². The Kier molecular flexibility index (Phi) is 4.78. The Balaban J connectivity index is 1.38. The molecule has 4 rings (SSSR count). The lowest BCUT2D eigenvalue weighted by Crippen LogP contribution is -3.11. The monoisotopic (exact) mass is 371 g/mol. The summed E-state index contributed by atoms with van der Waals surface area (Å²) in [5.41, 5.74) is 1.65. The molecular weight excluding hydrogens is 348 g/mol. The Labute approximate surface area is 156 Å². The number of hydrogen-bond donors (Lipinski definition) is 1. The van der Waals surface area contributed by atoms with Crippen molar-refractivity contribution in [2.75, 3.05) is 20.2 Å². The first-order chi connectivity index (χ1) is 12.6. The standard InChI is InChI=1S/C20H22N2O3S/c1-13-16(20(23)24-2)11-15(25-13)12-22-9-7-14(8-10-22)19-21-17-5-3-4-6-18(17)26-19/h3-6,11,14H,7-10,12H2,1-2H3/p+1. The molecule has 0 atom stereocenters. The van der Waals surface area contributed by atoms with Crippen LogP contribution in [0.5, 0.6) is 0 Å². The summed E-state index contributed by atoms with van der Waals surface area (Å²) in [5, 5.41) is 1.27. The van der Waals surface area contributed by atoms with Crippen molar-refractivity contribution in [3.8, 4) is 0 Å². The van der Waals surface area contributed by atoms with Crippen LogP contribution in [-0.2, 0) is 11.3 Å². The number of thiazole rings is 1. The Morgan fingerprint density at radius 3 is 2.85 bits per heavy atom. The van der Waals surface area contributed by atoms with Crippen LogP contribution in [0.3, 0.4) is 0 Å². The fourth-order valence-electron chi connectivity index (χ4n) is 3.70. The second-order valence-corrected chi connectivity index (χ2v) is 7.96. The van der Waals surface area contributed by atoms with Gasteiger partial charge in [0.1, 0.15) is 17.9 Å². The summed E-state index contributed by atoms with van der Waals surface area (Å²) < 4.78 is 11.8. The highest BCUT2D eigenvalue weighted by Gasteiger charge is 2.27. The van der Waals surface area contributed by atoms with Crippen molar-refractivity contribution in [1.82, 2.24) is 4.98 Å². The Morgan fingerprint density at radius 1 is 1.35 bits per heavy atom. The number of piperidine rings is 1. The SMILES string of the molecule is COC(=O)c1cc(C[NH+]2CCC(c3nc4ccccc4s3)CC2)oc1C. The van der Waals surface area contributed by atoms with E-state index in [1.807, 2.05) is 30.4 Å². The molecule has 0 amide bonds. The highest BCUT2D eigenvalue weighted by atomic mass is 32.1. The van der Waals surface area contributed by atoms with Gasteiger partial charge in [-0.05, 0) is 19.1 Å². The third-order valence-corrected chi connectivity index (χ3v) is 6.35. The normalized spacial score (nSPS) is 20.4. The van der Waals surface area contributed by atoms with Crippen LogP contribution in [-0.4, -0.2) is 31.2 Å². The van der Waals surface area contributed by atoms with Gasteiger partial charge in [-0.1, -0.05) is 12.1 Å². The van der Waals surface area contributed by atoms with Crippen molar-refractivity contribution in [2.24, 2.45) is 0 Å². The molecule has 3 aromatic rings. The summed E-state index contributed by atoms with van der Waals surface area (Å²) in [4.78, 5) is 18.0. The van der Waals surface area contributed by atoms with Crippen LogP contribution >= 0.6 is 11.3 Å². The predicted molar refractivity (Wildman–Crippen MR) is 101 cm³/mol. The molecule has 0 spiro atoms. The highest BCUT2D eigenvalue weighted by molar-refractivity contribution is 7.18. The van der Waals surface area contributed by atoms with Gasteiger partial charge in [-0.25, -0.2) is 9.78 Å². The number of methoxy groups -OCH3 is 1. The van der Waals surface area contributed by atoms with Crippen molar-refractivity contribution in [2.45, 2.75) is 32.2 Å². The first-order valence-electron chi connectivity index (χ1n) is 9.00. The molecule has 0 unspecified atom stereocenters. The minimum Gasteiger partial charge on any atom is -0.465 e. The Morgan fingerprint density at radius 2 is 2.12 bits per heavy atom. The molecule has 136 valence electrons. The predicted octanol–water partition coefficient (Wildman–Crippen LogP) is 2.95. The summed E-state index contributed by atoms with van der Waals surface area (Å²) >= 11 is 1.83. The van der Waals surface area contributed by atoms with Gasteiger partial charge in [-0.15, -0.1) is 11.3 Å². The minimum absolute atomic E-state index is 0.331. The van der Waals surface area contributed by atoms with Crippen molar-refractivity contribution in [3.05, 3.63) is 52.4 Å². The number of likely N-dealkylation sites (tertiary alicyclic amines) is 1. The lowest BCUT2D eigenvalue weighted by molar-refractivity contribution is -0.920. The van der Waals surface area contributed by atoms with E-state index in [2.05, 4.69) is 18.2 Å². The average molecular weight is 371 g/mol. The summed E-state index contributed by atoms with van der Waals surface area (Å²) in [6, 6.07) is 10.2. The van der Waals surface area contributed by atoms with Crippen LogP contribution in [0.2, 0.25) is 0 Å². The molecule has 3 heterocycles. The molecule has 1 aromatic carbocycles. The molecular formula is C20H23N2O3S+. The molecule has 6 heteroatoms. The van der Waals surface area contributed by atoms with E-state index in [-0.39, 0.29) is 5.97 Å². The molecule has 1 aliphatic rings. The number of furan rings is 1. The molecule has 2 aromatic heterocycles. The fourth-order valence-corrected chi connectivity index (χ4v) is 4.84. The van der Waals surface area contributed by atoms with E-state index in [1.165, 1.54) is 21.7 Å². The van der Waals surface area contributed by atoms with Crippen molar-refractivity contribution in [1.29, 1.82) is 0 Å². The summed E-state index contributed by atoms with van der Waals surface area (Å²) in [6.07, 6.45) is 2.28. The summed E-state index contributed by atoms with van der Waals surface area (Å²) in [5.74, 6) is 1.72. The lowest BCUT2D eigenvalue weighted by Gasteiger charge is -2.27. The van der Waals surface area contributed by atoms with Gasteiger partial charge >= 0.3 is 5.97 Å². The average Bonchev–Trinajstić information content (AvgIpc) is 3.25. The molecule has 26 heavy (non-hydrogen) atoms. The number of aryl methyl sites for hydroxylation is 1. The van der Waals surface area contributed by atoms with Gasteiger partial charge in [0.25, 0.3) is 0 Å². The number of esters is 1. The van der Waals surface area contributed by atoms with Crippen LogP contribution < -0.4 is 4.90 Å². The second-order valence-electron chi connectivity index (χ2n) is 6.90. The molecule has 0 saturated carbocycles. The number of carbonyl (C=O) groups is 1. The molecule has 1 fully saturated rings. The van der Waals surface area contributed by atoms with E-state index < -0.39 is 0 Å². The van der Waals surface area contributed by atoms with E-state index in [1.54, 1.807) is 0 Å². The number of ether oxygens (including phenoxy) is 1. The quantitative estimate of drug-likeness (QED) is 0.717. The van der Waals surface area contributed by atoms with E-state index in [4.69, 9.17) is 14.1 Å². The van der Waals surface area contributed by atoms with E-state index in [0.29, 0.717) is 17.2 Å². The topological polar surface area (TPSA) is 56.8 Å². The zero-order valence-corrected chi connectivity index (χ0v) is 15.9. The maximum atomic E-state index is 11.7. The maximum absolute atomic E-state index is 11.7. The zero-order valence-electron chi connectivity index (χ0n) is 15.1. The second kappa shape index (κ2) is 7.21. The number of nitrogens with one attached hydrogen (secondary N) is 1. The number of benzene rings is 1. The molecule has 1 saturated heterocycles. The zero-order chi connectivity index (χ0) is 18.1. The van der Waals surface area contributed by atoms with Crippen LogP contribution in [0.1, 0.15) is 45.6 Å². The molecule has 1 aliphatic heterocycles. The van der Waals surface area contributed by atoms with Crippen molar-refractivity contribution >= 4 is 27.5 Å². The molecule has 5 nitrogen and oxygen atoms in total. The number of quaternary nitrogens is 1. The first kappa shape index (κ1) is 17.2. The van der Waals surface area contributed by atoms with Crippen molar-refractivity contribution in [3.63, 3.8) is 0 Å². The molecule has 0 radical (unpaired) electrons. The van der Waals surface area contributed by atoms with Gasteiger partial charge in [0, 0.05) is 24.8 Å². The van der Waals surface area contributed by atoms with Gasteiger partial charge in [0.15, 0.2) is 5.76 Å². The smallest absolute Gasteiger partial charge is 0.341 e. The first-order valence-corrected chi connectivity index (χ1v) is 9.82. The Hall–Kier alpha value is -2.18. The molecule has 0 bridgehead atoms. The van der Waals surface area contributed by atoms with Gasteiger partial charge in [0.2, 0.25) is 0 Å². The van der Waals surface area contributed by atoms with Gasteiger partial charge in [0.05, 0.1) is 35.4 Å². The largest absolute Gasteiger partial charge is 0.465 e. The van der Waals surface area contributed by atoms with Crippen molar-refractivity contribution < 1.29 is 18.8 Å². The number of nitrogens with zero attached hydrogens (tertiary/aromatic N) is 1. The number of aromatic nitrogens is 1. The summed E-state index contributed by atoms with van der Waals surface area (Å²) in [6.45, 7) is 4.80. The number of rotatable bonds is 4. The van der Waals surface area contributed by atoms with Gasteiger partial charge < -0.3 is 14.1 Å². The Bertz CT molecular complexity index is 889. The number of carbonyl (C=O) groups excluding carboxylic acids is 1. The minimum atomic E-state index is -0.331. The highest BCUT2D eigenvalue weighted by Crippen LogP contribution is 2.31.